The lowest BCUT2D eigenvalue weighted by Gasteiger charge is -2.43. The monoisotopic (exact) mass is 291 g/mol. The number of morpholine rings is 1. The van der Waals surface area contributed by atoms with Gasteiger partial charge in [0.15, 0.2) is 0 Å². The Morgan fingerprint density at radius 2 is 2.06 bits per heavy atom. The van der Waals surface area contributed by atoms with Crippen LogP contribution < -0.4 is 0 Å². The van der Waals surface area contributed by atoms with Gasteiger partial charge in [0.25, 0.3) is 0 Å². The van der Waals surface area contributed by atoms with Crippen LogP contribution in [0.2, 0.25) is 0 Å². The Hall–Kier alpha value is 0.400. The van der Waals surface area contributed by atoms with E-state index in [1.54, 1.807) is 0 Å². The summed E-state index contributed by atoms with van der Waals surface area (Å²) in [6.45, 7) is 14.5. The maximum Gasteiger partial charge on any atom is 0.0757 e. The molecule has 0 aromatic heterocycles. The average Bonchev–Trinajstić information content (AvgIpc) is 2.10. The van der Waals surface area contributed by atoms with Crippen LogP contribution in [0.25, 0.3) is 0 Å². The molecule has 1 heterocycles. The standard InChI is InChI=1S/C13H26BrNO/c1-10(2)12(6-14)8-15-7-11(3)16-13(4,5)9-15/h10-12H,6-9H2,1-5H3. The Morgan fingerprint density at radius 3 is 2.50 bits per heavy atom. The molecular weight excluding hydrogens is 266 g/mol. The molecular formula is C13H26BrNO. The van der Waals surface area contributed by atoms with Gasteiger partial charge in [-0.15, -0.1) is 0 Å². The predicted octanol–water partition coefficient (Wildman–Crippen LogP) is 3.15. The van der Waals surface area contributed by atoms with Crippen molar-refractivity contribution in [1.29, 1.82) is 0 Å². The second-order valence-electron chi connectivity index (χ2n) is 6.04. The van der Waals surface area contributed by atoms with E-state index in [1.807, 2.05) is 0 Å². The summed E-state index contributed by atoms with van der Waals surface area (Å²) in [5.41, 5.74) is 0.00547. The van der Waals surface area contributed by atoms with E-state index in [0.717, 1.165) is 30.3 Å². The van der Waals surface area contributed by atoms with E-state index < -0.39 is 0 Å². The maximum atomic E-state index is 5.93. The second kappa shape index (κ2) is 5.83. The van der Waals surface area contributed by atoms with Crippen molar-refractivity contribution in [2.45, 2.75) is 46.3 Å². The molecule has 96 valence electrons. The third kappa shape index (κ3) is 4.34. The van der Waals surface area contributed by atoms with Crippen molar-refractivity contribution in [1.82, 2.24) is 4.90 Å². The van der Waals surface area contributed by atoms with Gasteiger partial charge in [0.05, 0.1) is 11.7 Å². The molecule has 0 radical (unpaired) electrons. The first kappa shape index (κ1) is 14.5. The summed E-state index contributed by atoms with van der Waals surface area (Å²) < 4.78 is 5.93. The molecule has 1 fully saturated rings. The molecule has 0 spiro atoms. The fraction of sp³-hybridized carbons (Fsp3) is 1.00. The van der Waals surface area contributed by atoms with Crippen LogP contribution in [0, 0.1) is 11.8 Å². The molecule has 0 saturated carbocycles. The van der Waals surface area contributed by atoms with Gasteiger partial charge in [-0.25, -0.2) is 0 Å². The van der Waals surface area contributed by atoms with Gasteiger partial charge >= 0.3 is 0 Å². The summed E-state index contributed by atoms with van der Waals surface area (Å²) in [6, 6.07) is 0. The minimum Gasteiger partial charge on any atom is -0.370 e. The largest absolute Gasteiger partial charge is 0.370 e. The Kier molecular flexibility index (Phi) is 5.27. The molecule has 0 aromatic carbocycles. The summed E-state index contributed by atoms with van der Waals surface area (Å²) in [6.07, 6.45) is 0.354. The van der Waals surface area contributed by atoms with Gasteiger partial charge in [0.1, 0.15) is 0 Å². The molecule has 0 bridgehead atoms. The summed E-state index contributed by atoms with van der Waals surface area (Å²) in [5, 5.41) is 1.09. The number of hydrogen-bond acceptors (Lipinski definition) is 2. The van der Waals surface area contributed by atoms with E-state index in [0.29, 0.717) is 6.10 Å². The van der Waals surface area contributed by atoms with Gasteiger partial charge in [0.2, 0.25) is 0 Å². The van der Waals surface area contributed by atoms with Gasteiger partial charge in [-0.05, 0) is 32.6 Å². The van der Waals surface area contributed by atoms with E-state index in [2.05, 4.69) is 55.4 Å². The van der Waals surface area contributed by atoms with Crippen molar-refractivity contribution in [3.8, 4) is 0 Å². The Morgan fingerprint density at radius 1 is 1.44 bits per heavy atom. The molecule has 1 aliphatic heterocycles. The summed E-state index contributed by atoms with van der Waals surface area (Å²) in [4.78, 5) is 2.56. The number of hydrogen-bond donors (Lipinski definition) is 0. The van der Waals surface area contributed by atoms with Crippen molar-refractivity contribution >= 4 is 15.9 Å². The quantitative estimate of drug-likeness (QED) is 0.738. The van der Waals surface area contributed by atoms with E-state index in [4.69, 9.17) is 4.74 Å². The molecule has 0 N–H and O–H groups in total. The highest BCUT2D eigenvalue weighted by molar-refractivity contribution is 9.09. The van der Waals surface area contributed by atoms with Gasteiger partial charge in [0, 0.05) is 25.0 Å². The first-order chi connectivity index (χ1) is 7.34. The molecule has 0 aliphatic carbocycles. The smallest absolute Gasteiger partial charge is 0.0757 e. The van der Waals surface area contributed by atoms with Gasteiger partial charge < -0.3 is 4.74 Å². The Bertz CT molecular complexity index is 218. The van der Waals surface area contributed by atoms with Crippen molar-refractivity contribution in [2.24, 2.45) is 11.8 Å². The molecule has 0 aromatic rings. The summed E-state index contributed by atoms with van der Waals surface area (Å²) in [5.74, 6) is 1.47. The van der Waals surface area contributed by atoms with Gasteiger partial charge in [-0.2, -0.15) is 0 Å². The molecule has 2 atom stereocenters. The summed E-state index contributed by atoms with van der Waals surface area (Å²) in [7, 11) is 0. The highest BCUT2D eigenvalue weighted by Crippen LogP contribution is 2.23. The minimum absolute atomic E-state index is 0.00547. The molecule has 16 heavy (non-hydrogen) atoms. The van der Waals surface area contributed by atoms with Crippen LogP contribution in [0.4, 0.5) is 0 Å². The third-order valence-electron chi connectivity index (χ3n) is 3.27. The lowest BCUT2D eigenvalue weighted by molar-refractivity contribution is -0.131. The highest BCUT2D eigenvalue weighted by Gasteiger charge is 2.32. The summed E-state index contributed by atoms with van der Waals surface area (Å²) >= 11 is 3.63. The normalized spacial score (nSPS) is 28.3. The van der Waals surface area contributed by atoms with Gasteiger partial charge in [-0.1, -0.05) is 29.8 Å². The van der Waals surface area contributed by atoms with Crippen molar-refractivity contribution in [2.75, 3.05) is 25.0 Å². The SMILES string of the molecule is CC1CN(CC(CBr)C(C)C)CC(C)(C)O1. The van der Waals surface area contributed by atoms with E-state index >= 15 is 0 Å². The number of nitrogens with zero attached hydrogens (tertiary/aromatic N) is 1. The lowest BCUT2D eigenvalue weighted by Crippen LogP contribution is -2.53. The van der Waals surface area contributed by atoms with Crippen LogP contribution in [0.15, 0.2) is 0 Å². The number of rotatable bonds is 4. The zero-order chi connectivity index (χ0) is 12.3. The molecule has 2 unspecified atom stereocenters. The van der Waals surface area contributed by atoms with Crippen LogP contribution in [-0.4, -0.2) is 41.6 Å². The molecule has 3 heteroatoms. The number of alkyl halides is 1. The van der Waals surface area contributed by atoms with Crippen LogP contribution in [0.3, 0.4) is 0 Å². The lowest BCUT2D eigenvalue weighted by atomic mass is 9.96. The van der Waals surface area contributed by atoms with Crippen LogP contribution in [-0.2, 0) is 4.74 Å². The third-order valence-corrected chi connectivity index (χ3v) is 4.11. The first-order valence-electron chi connectivity index (χ1n) is 6.30. The van der Waals surface area contributed by atoms with Crippen molar-refractivity contribution < 1.29 is 4.74 Å². The zero-order valence-corrected chi connectivity index (χ0v) is 12.9. The average molecular weight is 292 g/mol. The molecule has 2 nitrogen and oxygen atoms in total. The van der Waals surface area contributed by atoms with Crippen LogP contribution >= 0.6 is 15.9 Å². The van der Waals surface area contributed by atoms with E-state index in [-0.39, 0.29) is 5.60 Å². The highest BCUT2D eigenvalue weighted by atomic mass is 79.9. The fourth-order valence-electron chi connectivity index (χ4n) is 2.49. The van der Waals surface area contributed by atoms with Crippen LogP contribution in [0.1, 0.15) is 34.6 Å². The molecule has 1 saturated heterocycles. The maximum absolute atomic E-state index is 5.93. The van der Waals surface area contributed by atoms with E-state index in [1.165, 1.54) is 6.54 Å². The van der Waals surface area contributed by atoms with Crippen LogP contribution in [0.5, 0.6) is 0 Å². The number of halogens is 1. The van der Waals surface area contributed by atoms with Gasteiger partial charge in [-0.3, -0.25) is 4.90 Å². The zero-order valence-electron chi connectivity index (χ0n) is 11.3. The molecule has 1 rings (SSSR count). The molecule has 0 amide bonds. The minimum atomic E-state index is 0.00547. The topological polar surface area (TPSA) is 12.5 Å². The second-order valence-corrected chi connectivity index (χ2v) is 6.69. The van der Waals surface area contributed by atoms with Crippen molar-refractivity contribution in [3.05, 3.63) is 0 Å². The van der Waals surface area contributed by atoms with E-state index in [9.17, 15) is 0 Å². The Balaban J connectivity index is 2.53. The molecule has 1 aliphatic rings. The fourth-order valence-corrected chi connectivity index (χ4v) is 3.45. The predicted molar refractivity (Wildman–Crippen MR) is 73.2 cm³/mol. The Labute approximate surface area is 109 Å². The van der Waals surface area contributed by atoms with Crippen molar-refractivity contribution in [3.63, 3.8) is 0 Å². The number of ether oxygens (including phenoxy) is 1. The first-order valence-corrected chi connectivity index (χ1v) is 7.42.